The van der Waals surface area contributed by atoms with Crippen LogP contribution in [-0.4, -0.2) is 31.5 Å². The van der Waals surface area contributed by atoms with Gasteiger partial charge >= 0.3 is 5.97 Å². The second kappa shape index (κ2) is 8.23. The fraction of sp³-hybridized carbons (Fsp3) is 0.450. The third-order valence-electron chi connectivity index (χ3n) is 5.15. The highest BCUT2D eigenvalue weighted by molar-refractivity contribution is 6.67. The number of esters is 1. The normalized spacial score (nSPS) is 17.3. The van der Waals surface area contributed by atoms with Crippen LogP contribution in [0, 0.1) is 0 Å². The number of carbonyl (C=O) groups excluding carboxylic acids is 2. The van der Waals surface area contributed by atoms with Gasteiger partial charge in [-0.25, -0.2) is 9.78 Å². The molecule has 0 bridgehead atoms. The Morgan fingerprint density at radius 1 is 1.33 bits per heavy atom. The van der Waals surface area contributed by atoms with Crippen molar-refractivity contribution in [3.63, 3.8) is 0 Å². The van der Waals surface area contributed by atoms with Gasteiger partial charge in [0.15, 0.2) is 5.60 Å². The molecule has 0 saturated heterocycles. The number of halogens is 1. The third-order valence-corrected chi connectivity index (χ3v) is 5.34. The van der Waals surface area contributed by atoms with Gasteiger partial charge in [0, 0.05) is 0 Å². The van der Waals surface area contributed by atoms with E-state index in [9.17, 15) is 14.7 Å². The Morgan fingerprint density at radius 3 is 2.78 bits per heavy atom. The van der Waals surface area contributed by atoms with Crippen molar-refractivity contribution in [1.29, 1.82) is 0 Å². The second-order valence-corrected chi connectivity index (χ2v) is 7.39. The first-order valence-corrected chi connectivity index (χ1v) is 9.48. The van der Waals surface area contributed by atoms with Gasteiger partial charge in [-0.1, -0.05) is 30.7 Å². The van der Waals surface area contributed by atoms with Crippen LogP contribution in [0.15, 0.2) is 36.8 Å². The Balaban J connectivity index is 1.69. The zero-order valence-electron chi connectivity index (χ0n) is 15.2. The zero-order chi connectivity index (χ0) is 19.4. The average molecular weight is 391 g/mol. The minimum absolute atomic E-state index is 0.0902. The fourth-order valence-electron chi connectivity index (χ4n) is 3.49. The lowest BCUT2D eigenvalue weighted by atomic mass is 9.85. The number of ether oxygens (including phenoxy) is 1. The molecule has 2 aromatic rings. The van der Waals surface area contributed by atoms with Gasteiger partial charge in [0.05, 0.1) is 18.6 Å². The third kappa shape index (κ3) is 4.39. The predicted molar refractivity (Wildman–Crippen MR) is 100 cm³/mol. The molecule has 1 heterocycles. The molecule has 1 N–H and O–H groups in total. The van der Waals surface area contributed by atoms with Gasteiger partial charge in [-0.2, -0.15) is 0 Å². The maximum absolute atomic E-state index is 12.3. The number of rotatable bonds is 6. The predicted octanol–water partition coefficient (Wildman–Crippen LogP) is 3.61. The zero-order valence-corrected chi connectivity index (χ0v) is 16.0. The maximum atomic E-state index is 12.3. The first-order valence-electron chi connectivity index (χ1n) is 9.11. The first kappa shape index (κ1) is 19.6. The molecule has 1 aromatic carbocycles. The summed E-state index contributed by atoms with van der Waals surface area (Å²) in [6.07, 6.45) is 6.62. The van der Waals surface area contributed by atoms with Crippen molar-refractivity contribution in [2.75, 3.05) is 0 Å². The highest BCUT2D eigenvalue weighted by Gasteiger charge is 2.38. The van der Waals surface area contributed by atoms with Crippen molar-refractivity contribution in [1.82, 2.24) is 9.55 Å². The largest absolute Gasteiger partial charge is 0.459 e. The van der Waals surface area contributed by atoms with Crippen LogP contribution in [-0.2, 0) is 16.1 Å². The van der Waals surface area contributed by atoms with Gasteiger partial charge in [0.25, 0.3) is 5.24 Å². The van der Waals surface area contributed by atoms with Gasteiger partial charge in [0.2, 0.25) is 0 Å². The minimum atomic E-state index is -1.35. The van der Waals surface area contributed by atoms with Crippen molar-refractivity contribution < 1.29 is 19.4 Å². The Bertz CT molecular complexity index is 827. The molecule has 1 aliphatic carbocycles. The van der Waals surface area contributed by atoms with E-state index in [0.29, 0.717) is 18.5 Å². The molecule has 0 aliphatic heterocycles. The van der Waals surface area contributed by atoms with Crippen LogP contribution in [0.2, 0.25) is 0 Å². The SMILES string of the molecule is C[C@H](c1cccc(COC(=O)C2(O)CCCCC2)c1)n1cncc1C(=O)Cl. The fourth-order valence-corrected chi connectivity index (χ4v) is 3.64. The average Bonchev–Trinajstić information content (AvgIpc) is 3.16. The standard InChI is InChI=1S/C20H23ClN2O4/c1-14(23-13-22-11-17(23)18(21)24)16-7-5-6-15(10-16)12-27-19(25)20(26)8-3-2-4-9-20/h5-7,10-11,13-14,26H,2-4,8-9,12H2,1H3/t14-/m1/s1. The summed E-state index contributed by atoms with van der Waals surface area (Å²) in [5, 5.41) is 9.87. The van der Waals surface area contributed by atoms with Gasteiger partial charge in [0.1, 0.15) is 12.3 Å². The van der Waals surface area contributed by atoms with Gasteiger partial charge < -0.3 is 14.4 Å². The molecule has 1 aliphatic rings. The summed E-state index contributed by atoms with van der Waals surface area (Å²) in [7, 11) is 0. The summed E-state index contributed by atoms with van der Waals surface area (Å²) in [6, 6.07) is 7.39. The van der Waals surface area contributed by atoms with Crippen molar-refractivity contribution in [2.24, 2.45) is 0 Å². The molecule has 0 radical (unpaired) electrons. The minimum Gasteiger partial charge on any atom is -0.459 e. The van der Waals surface area contributed by atoms with Crippen LogP contribution >= 0.6 is 11.6 Å². The van der Waals surface area contributed by atoms with Crippen LogP contribution in [0.4, 0.5) is 0 Å². The first-order chi connectivity index (χ1) is 12.9. The summed E-state index contributed by atoms with van der Waals surface area (Å²) >= 11 is 5.60. The van der Waals surface area contributed by atoms with E-state index in [1.165, 1.54) is 6.20 Å². The van der Waals surface area contributed by atoms with E-state index >= 15 is 0 Å². The molecule has 1 fully saturated rings. The van der Waals surface area contributed by atoms with Gasteiger partial charge in [-0.3, -0.25) is 4.79 Å². The molecule has 7 heteroatoms. The smallest absolute Gasteiger partial charge is 0.338 e. The van der Waals surface area contributed by atoms with Gasteiger partial charge in [-0.15, -0.1) is 0 Å². The summed E-state index contributed by atoms with van der Waals surface area (Å²) in [6.45, 7) is 2.02. The van der Waals surface area contributed by atoms with E-state index in [4.69, 9.17) is 16.3 Å². The van der Waals surface area contributed by atoms with Crippen LogP contribution in [0.1, 0.15) is 66.7 Å². The number of hydrogen-bond donors (Lipinski definition) is 1. The number of aromatic nitrogens is 2. The molecule has 3 rings (SSSR count). The van der Waals surface area contributed by atoms with Crippen molar-refractivity contribution in [2.45, 2.75) is 57.3 Å². The summed E-state index contributed by atoms with van der Waals surface area (Å²) < 4.78 is 7.07. The van der Waals surface area contributed by atoms with Gasteiger partial charge in [-0.05, 0) is 55.3 Å². The second-order valence-electron chi connectivity index (χ2n) is 7.05. The topological polar surface area (TPSA) is 81.4 Å². The lowest BCUT2D eigenvalue weighted by Gasteiger charge is -2.29. The molecule has 6 nitrogen and oxygen atoms in total. The Hall–Kier alpha value is -2.18. The Morgan fingerprint density at radius 2 is 2.07 bits per heavy atom. The number of carbonyl (C=O) groups is 2. The van der Waals surface area contributed by atoms with Crippen LogP contribution in [0.3, 0.4) is 0 Å². The maximum Gasteiger partial charge on any atom is 0.338 e. The highest BCUT2D eigenvalue weighted by atomic mass is 35.5. The Labute approximate surface area is 163 Å². The van der Waals surface area contributed by atoms with E-state index < -0.39 is 16.8 Å². The molecular formula is C20H23ClN2O4. The lowest BCUT2D eigenvalue weighted by Crippen LogP contribution is -2.41. The molecule has 27 heavy (non-hydrogen) atoms. The number of imidazole rings is 1. The molecule has 1 saturated carbocycles. The molecule has 144 valence electrons. The monoisotopic (exact) mass is 390 g/mol. The summed E-state index contributed by atoms with van der Waals surface area (Å²) in [4.78, 5) is 27.8. The van der Waals surface area contributed by atoms with Crippen LogP contribution < -0.4 is 0 Å². The van der Waals surface area contributed by atoms with Crippen molar-refractivity contribution in [3.05, 3.63) is 53.6 Å². The Kier molecular flexibility index (Phi) is 5.97. The van der Waals surface area contributed by atoms with E-state index in [2.05, 4.69) is 4.98 Å². The number of benzene rings is 1. The van der Waals surface area contributed by atoms with Crippen LogP contribution in [0.25, 0.3) is 0 Å². The van der Waals surface area contributed by atoms with E-state index in [1.54, 1.807) is 10.9 Å². The number of hydrogen-bond acceptors (Lipinski definition) is 5. The number of nitrogens with zero attached hydrogens (tertiary/aromatic N) is 2. The molecule has 0 spiro atoms. The van der Waals surface area contributed by atoms with Crippen molar-refractivity contribution >= 4 is 22.8 Å². The molecule has 1 atom stereocenters. The lowest BCUT2D eigenvalue weighted by molar-refractivity contribution is -0.170. The highest BCUT2D eigenvalue weighted by Crippen LogP contribution is 2.29. The van der Waals surface area contributed by atoms with Crippen LogP contribution in [0.5, 0.6) is 0 Å². The van der Waals surface area contributed by atoms with Crippen molar-refractivity contribution in [3.8, 4) is 0 Å². The van der Waals surface area contributed by atoms with E-state index in [-0.39, 0.29) is 12.6 Å². The molecular weight excluding hydrogens is 368 g/mol. The molecule has 0 amide bonds. The van der Waals surface area contributed by atoms with E-state index in [0.717, 1.165) is 30.4 Å². The molecule has 0 unspecified atom stereocenters. The quantitative estimate of drug-likeness (QED) is 0.602. The molecule has 1 aromatic heterocycles. The summed E-state index contributed by atoms with van der Waals surface area (Å²) in [5.41, 5.74) is 0.707. The summed E-state index contributed by atoms with van der Waals surface area (Å²) in [5.74, 6) is -0.551. The van der Waals surface area contributed by atoms with E-state index in [1.807, 2.05) is 31.2 Å². The number of aliphatic hydroxyl groups is 1.